The number of aromatic nitrogens is 2. The summed E-state index contributed by atoms with van der Waals surface area (Å²) in [5.74, 6) is 0. The van der Waals surface area contributed by atoms with E-state index in [9.17, 15) is 9.59 Å². The van der Waals surface area contributed by atoms with Crippen LogP contribution in [0.2, 0.25) is 0 Å². The second-order valence-electron chi connectivity index (χ2n) is 4.62. The molecule has 112 valence electrons. The first-order valence-corrected chi connectivity index (χ1v) is 6.62. The fourth-order valence-electron chi connectivity index (χ4n) is 1.92. The molecule has 1 heterocycles. The van der Waals surface area contributed by atoms with Gasteiger partial charge in [0.1, 0.15) is 6.61 Å². The second kappa shape index (κ2) is 6.90. The standard InChI is InChI=1S/C15H18N2O4/c1-12-10-17(21-9-8-20-2)15(19)16(14(12)18)11-13-6-4-3-5-7-13/h3-7,10H,8-9,11H2,1-2H3. The van der Waals surface area contributed by atoms with Crippen LogP contribution in [0, 0.1) is 6.92 Å². The summed E-state index contributed by atoms with van der Waals surface area (Å²) in [5.41, 5.74) is 0.523. The highest BCUT2D eigenvalue weighted by Crippen LogP contribution is 1.99. The van der Waals surface area contributed by atoms with E-state index < -0.39 is 5.69 Å². The Labute approximate surface area is 122 Å². The van der Waals surface area contributed by atoms with Crippen molar-refractivity contribution < 1.29 is 9.57 Å². The first kappa shape index (κ1) is 15.1. The molecule has 0 bridgehead atoms. The zero-order valence-corrected chi connectivity index (χ0v) is 12.1. The summed E-state index contributed by atoms with van der Waals surface area (Å²) in [6.45, 7) is 2.47. The Morgan fingerprint density at radius 3 is 2.48 bits per heavy atom. The number of nitrogens with zero attached hydrogens (tertiary/aromatic N) is 2. The van der Waals surface area contributed by atoms with E-state index in [2.05, 4.69) is 0 Å². The average Bonchev–Trinajstić information content (AvgIpc) is 2.50. The van der Waals surface area contributed by atoms with Gasteiger partial charge in [0.25, 0.3) is 5.56 Å². The molecule has 0 fully saturated rings. The van der Waals surface area contributed by atoms with E-state index in [1.165, 1.54) is 6.20 Å². The lowest BCUT2D eigenvalue weighted by molar-refractivity contribution is 0.0479. The topological polar surface area (TPSA) is 62.5 Å². The maximum Gasteiger partial charge on any atom is 0.364 e. The van der Waals surface area contributed by atoms with Gasteiger partial charge in [0.05, 0.1) is 19.3 Å². The van der Waals surface area contributed by atoms with Crippen LogP contribution in [0.25, 0.3) is 0 Å². The molecule has 0 atom stereocenters. The van der Waals surface area contributed by atoms with E-state index in [1.807, 2.05) is 30.3 Å². The highest BCUT2D eigenvalue weighted by atomic mass is 16.7. The maximum atomic E-state index is 12.3. The van der Waals surface area contributed by atoms with Gasteiger partial charge >= 0.3 is 5.69 Å². The number of hydrogen-bond donors (Lipinski definition) is 0. The fraction of sp³-hybridized carbons (Fsp3) is 0.333. The third-order valence-electron chi connectivity index (χ3n) is 3.01. The first-order valence-electron chi connectivity index (χ1n) is 6.62. The molecule has 0 aliphatic rings. The van der Waals surface area contributed by atoms with Crippen LogP contribution in [0.1, 0.15) is 11.1 Å². The lowest BCUT2D eigenvalue weighted by Gasteiger charge is -2.12. The highest BCUT2D eigenvalue weighted by molar-refractivity contribution is 5.15. The summed E-state index contributed by atoms with van der Waals surface area (Å²) in [4.78, 5) is 29.8. The molecule has 1 aromatic heterocycles. The largest absolute Gasteiger partial charge is 0.407 e. The van der Waals surface area contributed by atoms with Crippen LogP contribution in [0.3, 0.4) is 0 Å². The normalized spacial score (nSPS) is 10.6. The van der Waals surface area contributed by atoms with Crippen LogP contribution in [0.5, 0.6) is 0 Å². The lowest BCUT2D eigenvalue weighted by atomic mass is 10.2. The van der Waals surface area contributed by atoms with Crippen LogP contribution in [0.4, 0.5) is 0 Å². The fourth-order valence-corrected chi connectivity index (χ4v) is 1.92. The van der Waals surface area contributed by atoms with Crippen LogP contribution in [-0.4, -0.2) is 29.6 Å². The predicted molar refractivity (Wildman–Crippen MR) is 78.6 cm³/mol. The van der Waals surface area contributed by atoms with Crippen molar-refractivity contribution in [2.45, 2.75) is 13.5 Å². The Balaban J connectivity index is 2.35. The smallest absolute Gasteiger partial charge is 0.364 e. The van der Waals surface area contributed by atoms with Gasteiger partial charge in [0.15, 0.2) is 0 Å². The summed E-state index contributed by atoms with van der Waals surface area (Å²) >= 11 is 0. The van der Waals surface area contributed by atoms with Crippen molar-refractivity contribution in [1.29, 1.82) is 0 Å². The van der Waals surface area contributed by atoms with Gasteiger partial charge in [0, 0.05) is 12.7 Å². The third kappa shape index (κ3) is 3.61. The van der Waals surface area contributed by atoms with Gasteiger partial charge in [-0.05, 0) is 12.5 Å². The van der Waals surface area contributed by atoms with E-state index in [4.69, 9.17) is 9.57 Å². The van der Waals surface area contributed by atoms with E-state index in [0.29, 0.717) is 12.2 Å². The Morgan fingerprint density at radius 2 is 1.81 bits per heavy atom. The average molecular weight is 290 g/mol. The minimum Gasteiger partial charge on any atom is -0.407 e. The van der Waals surface area contributed by atoms with Gasteiger partial charge in [-0.2, -0.15) is 0 Å². The summed E-state index contributed by atoms with van der Waals surface area (Å²) in [6.07, 6.45) is 1.40. The number of benzene rings is 1. The third-order valence-corrected chi connectivity index (χ3v) is 3.01. The van der Waals surface area contributed by atoms with E-state index in [1.54, 1.807) is 14.0 Å². The van der Waals surface area contributed by atoms with Crippen molar-refractivity contribution in [3.8, 4) is 0 Å². The molecule has 6 heteroatoms. The molecule has 0 spiro atoms. The van der Waals surface area contributed by atoms with Crippen molar-refractivity contribution in [3.05, 3.63) is 68.5 Å². The van der Waals surface area contributed by atoms with E-state index >= 15 is 0 Å². The molecule has 21 heavy (non-hydrogen) atoms. The summed E-state index contributed by atoms with van der Waals surface area (Å²) < 4.78 is 7.12. The van der Waals surface area contributed by atoms with Crippen LogP contribution < -0.4 is 16.1 Å². The molecule has 0 N–H and O–H groups in total. The lowest BCUT2D eigenvalue weighted by Crippen LogP contribution is -2.43. The highest BCUT2D eigenvalue weighted by Gasteiger charge is 2.10. The van der Waals surface area contributed by atoms with Gasteiger partial charge in [-0.1, -0.05) is 30.3 Å². The monoisotopic (exact) mass is 290 g/mol. The molecule has 1 aromatic carbocycles. The quantitative estimate of drug-likeness (QED) is 0.724. The van der Waals surface area contributed by atoms with Crippen molar-refractivity contribution in [3.63, 3.8) is 0 Å². The Bertz CT molecular complexity index is 704. The van der Waals surface area contributed by atoms with Crippen LogP contribution in [-0.2, 0) is 11.3 Å². The van der Waals surface area contributed by atoms with Gasteiger partial charge in [0.2, 0.25) is 0 Å². The number of ether oxygens (including phenoxy) is 1. The van der Waals surface area contributed by atoms with Gasteiger partial charge < -0.3 is 9.57 Å². The SMILES string of the molecule is COCCOn1cc(C)c(=O)n(Cc2ccccc2)c1=O. The molecule has 0 aliphatic heterocycles. The molecule has 0 unspecified atom stereocenters. The molecule has 0 saturated carbocycles. The molecular formula is C15H18N2O4. The Kier molecular flexibility index (Phi) is 4.94. The summed E-state index contributed by atoms with van der Waals surface area (Å²) in [5, 5.41) is 0. The molecule has 0 amide bonds. The van der Waals surface area contributed by atoms with E-state index in [-0.39, 0.29) is 18.7 Å². The van der Waals surface area contributed by atoms with Gasteiger partial charge in [-0.25, -0.2) is 4.79 Å². The second-order valence-corrected chi connectivity index (χ2v) is 4.62. The van der Waals surface area contributed by atoms with Crippen LogP contribution in [0.15, 0.2) is 46.1 Å². The van der Waals surface area contributed by atoms with Crippen molar-refractivity contribution >= 4 is 0 Å². The van der Waals surface area contributed by atoms with Gasteiger partial charge in [-0.3, -0.25) is 9.36 Å². The Hall–Kier alpha value is -2.34. The summed E-state index contributed by atoms with van der Waals surface area (Å²) in [6, 6.07) is 9.34. The zero-order valence-electron chi connectivity index (χ0n) is 12.1. The van der Waals surface area contributed by atoms with Crippen molar-refractivity contribution in [1.82, 2.24) is 9.30 Å². The minimum absolute atomic E-state index is 0.216. The summed E-state index contributed by atoms with van der Waals surface area (Å²) in [7, 11) is 1.55. The molecule has 0 radical (unpaired) electrons. The zero-order chi connectivity index (χ0) is 15.2. The number of methoxy groups -OCH3 is 1. The molecule has 2 rings (SSSR count). The molecule has 0 aliphatic carbocycles. The number of rotatable bonds is 6. The van der Waals surface area contributed by atoms with Crippen LogP contribution >= 0.6 is 0 Å². The minimum atomic E-state index is -0.495. The maximum absolute atomic E-state index is 12.3. The molecule has 2 aromatic rings. The molecule has 6 nitrogen and oxygen atoms in total. The van der Waals surface area contributed by atoms with E-state index in [0.717, 1.165) is 14.9 Å². The van der Waals surface area contributed by atoms with Crippen molar-refractivity contribution in [2.24, 2.45) is 0 Å². The number of hydrogen-bond acceptors (Lipinski definition) is 4. The molecular weight excluding hydrogens is 272 g/mol. The Morgan fingerprint density at radius 1 is 1.10 bits per heavy atom. The van der Waals surface area contributed by atoms with Gasteiger partial charge in [-0.15, -0.1) is 4.73 Å². The first-order chi connectivity index (χ1) is 10.1. The number of aryl methyl sites for hydroxylation is 1. The predicted octanol–water partition coefficient (Wildman–Crippen LogP) is 0.442. The van der Waals surface area contributed by atoms with Crippen molar-refractivity contribution in [2.75, 3.05) is 20.3 Å². The molecule has 0 saturated heterocycles.